The van der Waals surface area contributed by atoms with Crippen LogP contribution in [0.15, 0.2) is 17.5 Å². The molecule has 2 nitrogen and oxygen atoms in total. The minimum Gasteiger partial charge on any atom is -0.313 e. The van der Waals surface area contributed by atoms with E-state index in [0.29, 0.717) is 6.04 Å². The van der Waals surface area contributed by atoms with Crippen molar-refractivity contribution in [3.05, 3.63) is 22.4 Å². The van der Waals surface area contributed by atoms with Gasteiger partial charge in [0.2, 0.25) is 0 Å². The zero-order chi connectivity index (χ0) is 9.38. The largest absolute Gasteiger partial charge is 0.313 e. The van der Waals surface area contributed by atoms with Crippen LogP contribution >= 0.6 is 11.3 Å². The van der Waals surface area contributed by atoms with Crippen molar-refractivity contribution in [3.8, 4) is 0 Å². The molecule has 0 radical (unpaired) electrons. The van der Waals surface area contributed by atoms with Gasteiger partial charge in [-0.3, -0.25) is 4.90 Å². The van der Waals surface area contributed by atoms with Crippen molar-refractivity contribution < 1.29 is 0 Å². The van der Waals surface area contributed by atoms with E-state index in [0.717, 1.165) is 12.6 Å². The van der Waals surface area contributed by atoms with Crippen LogP contribution < -0.4 is 5.32 Å². The van der Waals surface area contributed by atoms with Gasteiger partial charge in [-0.2, -0.15) is 0 Å². The summed E-state index contributed by atoms with van der Waals surface area (Å²) in [6, 6.07) is 5.89. The van der Waals surface area contributed by atoms with Crippen LogP contribution in [0.3, 0.4) is 0 Å². The van der Waals surface area contributed by atoms with Crippen molar-refractivity contribution in [1.29, 1.82) is 0 Å². The number of rotatable bonds is 1. The number of thiophene rings is 1. The highest BCUT2D eigenvalue weighted by atomic mass is 32.1. The van der Waals surface area contributed by atoms with Gasteiger partial charge in [0, 0.05) is 24.0 Å². The Morgan fingerprint density at radius 2 is 2.43 bits per heavy atom. The topological polar surface area (TPSA) is 15.3 Å². The van der Waals surface area contributed by atoms with Crippen molar-refractivity contribution in [2.45, 2.75) is 24.9 Å². The quantitative estimate of drug-likeness (QED) is 0.758. The van der Waals surface area contributed by atoms with Crippen LogP contribution in [0.25, 0.3) is 0 Å². The molecule has 0 aliphatic carbocycles. The molecule has 1 unspecified atom stereocenters. The Morgan fingerprint density at radius 1 is 1.43 bits per heavy atom. The lowest BCUT2D eigenvalue weighted by atomic mass is 10.1. The van der Waals surface area contributed by atoms with Gasteiger partial charge in [-0.15, -0.1) is 11.3 Å². The van der Waals surface area contributed by atoms with Gasteiger partial charge < -0.3 is 5.32 Å². The van der Waals surface area contributed by atoms with Gasteiger partial charge in [-0.1, -0.05) is 6.07 Å². The molecular weight excluding hydrogens is 192 g/mol. The lowest BCUT2D eigenvalue weighted by Crippen LogP contribution is -2.49. The Kier molecular flexibility index (Phi) is 2.32. The van der Waals surface area contributed by atoms with Crippen molar-refractivity contribution >= 4 is 11.3 Å². The number of nitrogens with one attached hydrogen (secondary N) is 1. The third kappa shape index (κ3) is 1.40. The molecule has 0 saturated carbocycles. The Balaban J connectivity index is 1.84. The maximum absolute atomic E-state index is 3.56. The molecule has 1 aromatic heterocycles. The average molecular weight is 208 g/mol. The van der Waals surface area contributed by atoms with Crippen LogP contribution in [0, 0.1) is 0 Å². The average Bonchev–Trinajstić information content (AvgIpc) is 2.88. The molecule has 14 heavy (non-hydrogen) atoms. The number of hydrogen-bond acceptors (Lipinski definition) is 3. The van der Waals surface area contributed by atoms with Gasteiger partial charge in [0.15, 0.2) is 0 Å². The Morgan fingerprint density at radius 3 is 3.29 bits per heavy atom. The molecule has 3 rings (SSSR count). The van der Waals surface area contributed by atoms with Crippen molar-refractivity contribution in [2.75, 3.05) is 19.6 Å². The molecule has 2 atom stereocenters. The molecule has 0 spiro atoms. The van der Waals surface area contributed by atoms with Gasteiger partial charge in [-0.25, -0.2) is 0 Å². The summed E-state index contributed by atoms with van der Waals surface area (Å²) in [6.07, 6.45) is 2.77. The zero-order valence-electron chi connectivity index (χ0n) is 8.28. The van der Waals surface area contributed by atoms with E-state index in [1.54, 1.807) is 0 Å². The Bertz CT molecular complexity index is 296. The highest BCUT2D eigenvalue weighted by Gasteiger charge is 2.34. The van der Waals surface area contributed by atoms with Gasteiger partial charge in [-0.05, 0) is 30.8 Å². The molecule has 1 N–H and O–H groups in total. The summed E-state index contributed by atoms with van der Waals surface area (Å²) in [5.74, 6) is 0. The van der Waals surface area contributed by atoms with Crippen LogP contribution in [0.5, 0.6) is 0 Å². The van der Waals surface area contributed by atoms with Crippen molar-refractivity contribution in [2.24, 2.45) is 0 Å². The van der Waals surface area contributed by atoms with Crippen LogP contribution in [-0.4, -0.2) is 30.6 Å². The highest BCUT2D eigenvalue weighted by Crippen LogP contribution is 2.33. The minimum absolute atomic E-state index is 0.649. The molecule has 2 aliphatic heterocycles. The monoisotopic (exact) mass is 208 g/mol. The second-order valence-corrected chi connectivity index (χ2v) is 5.20. The minimum atomic E-state index is 0.649. The van der Waals surface area contributed by atoms with Gasteiger partial charge in [0.25, 0.3) is 0 Å². The second kappa shape index (κ2) is 3.65. The maximum Gasteiger partial charge on any atom is 0.0569 e. The van der Waals surface area contributed by atoms with Gasteiger partial charge in [0.1, 0.15) is 0 Å². The zero-order valence-corrected chi connectivity index (χ0v) is 9.09. The molecule has 0 bridgehead atoms. The number of nitrogens with zero attached hydrogens (tertiary/aromatic N) is 1. The van der Waals surface area contributed by atoms with Crippen molar-refractivity contribution in [1.82, 2.24) is 10.2 Å². The fourth-order valence-electron chi connectivity index (χ4n) is 2.74. The number of fused-ring (bicyclic) bond motifs is 1. The van der Waals surface area contributed by atoms with E-state index in [9.17, 15) is 0 Å². The summed E-state index contributed by atoms with van der Waals surface area (Å²) in [5.41, 5.74) is 0. The Hall–Kier alpha value is -0.380. The molecular formula is C11H16N2S. The molecule has 3 heteroatoms. The SMILES string of the molecule is c1csc(C2CNC[C@H]3CCCN23)c1. The van der Waals surface area contributed by atoms with E-state index in [1.807, 2.05) is 11.3 Å². The predicted molar refractivity (Wildman–Crippen MR) is 59.7 cm³/mol. The number of piperazine rings is 1. The predicted octanol–water partition coefficient (Wildman–Crippen LogP) is 1.86. The van der Waals surface area contributed by atoms with E-state index >= 15 is 0 Å². The first kappa shape index (κ1) is 8.89. The molecule has 0 aromatic carbocycles. The standard InChI is InChI=1S/C11H16N2S/c1-3-9-7-12-8-10(13(9)5-1)11-4-2-6-14-11/h2,4,6,9-10,12H,1,3,5,7-8H2/t9-,10?/m1/s1. The van der Waals surface area contributed by atoms with E-state index in [1.165, 1.54) is 30.8 Å². The third-order valence-electron chi connectivity index (χ3n) is 3.41. The van der Waals surface area contributed by atoms with E-state index in [4.69, 9.17) is 0 Å². The molecule has 0 amide bonds. The summed E-state index contributed by atoms with van der Waals surface area (Å²) in [7, 11) is 0. The fourth-order valence-corrected chi connectivity index (χ4v) is 3.58. The van der Waals surface area contributed by atoms with Crippen LogP contribution in [0.2, 0.25) is 0 Å². The highest BCUT2D eigenvalue weighted by molar-refractivity contribution is 7.10. The summed E-state index contributed by atoms with van der Waals surface area (Å²) >= 11 is 1.90. The van der Waals surface area contributed by atoms with Crippen LogP contribution in [0.1, 0.15) is 23.8 Å². The molecule has 2 aliphatic rings. The summed E-state index contributed by atoms with van der Waals surface area (Å²) < 4.78 is 0. The molecule has 2 saturated heterocycles. The van der Waals surface area contributed by atoms with Crippen LogP contribution in [0.4, 0.5) is 0 Å². The molecule has 2 fully saturated rings. The Labute approximate surface area is 88.9 Å². The van der Waals surface area contributed by atoms with E-state index in [2.05, 4.69) is 27.7 Å². The van der Waals surface area contributed by atoms with Gasteiger partial charge >= 0.3 is 0 Å². The number of hydrogen-bond donors (Lipinski definition) is 1. The normalized spacial score (nSPS) is 33.1. The fraction of sp³-hybridized carbons (Fsp3) is 0.636. The first-order valence-corrected chi connectivity index (χ1v) is 6.33. The first-order valence-electron chi connectivity index (χ1n) is 5.45. The summed E-state index contributed by atoms with van der Waals surface area (Å²) in [5, 5.41) is 5.75. The van der Waals surface area contributed by atoms with E-state index < -0.39 is 0 Å². The lowest BCUT2D eigenvalue weighted by molar-refractivity contribution is 0.140. The smallest absolute Gasteiger partial charge is 0.0569 e. The van der Waals surface area contributed by atoms with Gasteiger partial charge in [0.05, 0.1) is 6.04 Å². The lowest BCUT2D eigenvalue weighted by Gasteiger charge is -2.37. The first-order chi connectivity index (χ1) is 6.95. The van der Waals surface area contributed by atoms with Crippen LogP contribution in [-0.2, 0) is 0 Å². The summed E-state index contributed by atoms with van der Waals surface area (Å²) in [4.78, 5) is 4.23. The maximum atomic E-state index is 3.56. The second-order valence-electron chi connectivity index (χ2n) is 4.22. The van der Waals surface area contributed by atoms with Crippen molar-refractivity contribution in [3.63, 3.8) is 0 Å². The molecule has 76 valence electrons. The third-order valence-corrected chi connectivity index (χ3v) is 4.39. The molecule has 1 aromatic rings. The summed E-state index contributed by atoms with van der Waals surface area (Å²) in [6.45, 7) is 3.63. The van der Waals surface area contributed by atoms with E-state index in [-0.39, 0.29) is 0 Å². The molecule has 3 heterocycles.